The minimum atomic E-state index is -0.142. The summed E-state index contributed by atoms with van der Waals surface area (Å²) < 4.78 is 2.14. The summed E-state index contributed by atoms with van der Waals surface area (Å²) in [7, 11) is 0. The second kappa shape index (κ2) is 8.48. The van der Waals surface area contributed by atoms with Gasteiger partial charge in [0.15, 0.2) is 0 Å². The molecule has 2 rings (SSSR count). The number of hydrogen-bond donors (Lipinski definition) is 1. The van der Waals surface area contributed by atoms with Crippen LogP contribution in [0.2, 0.25) is 0 Å². The monoisotopic (exact) mass is 404 g/mol. The van der Waals surface area contributed by atoms with Gasteiger partial charge < -0.3 is 9.88 Å². The van der Waals surface area contributed by atoms with Gasteiger partial charge in [-0.2, -0.15) is 0 Å². The molecular weight excluding hydrogens is 380 g/mol. The molecule has 0 bridgehead atoms. The standard InChI is InChI=1S/C20H25BrN2O2/c1-5-12-23-14(4)17(13(3)18(21)20(23)25)19(24)22-16(6-2)15-10-8-7-9-11-15/h7-11,16H,5-6,12H2,1-4H3,(H,22,24). The molecule has 1 amide bonds. The Morgan fingerprint density at radius 2 is 1.84 bits per heavy atom. The van der Waals surface area contributed by atoms with E-state index in [1.54, 1.807) is 4.57 Å². The molecule has 134 valence electrons. The number of carbonyl (C=O) groups excluding carboxylic acids is 1. The van der Waals surface area contributed by atoms with Gasteiger partial charge in [-0.05, 0) is 53.7 Å². The molecule has 0 aliphatic rings. The predicted molar refractivity (Wildman–Crippen MR) is 105 cm³/mol. The molecule has 5 heteroatoms. The van der Waals surface area contributed by atoms with Crippen molar-refractivity contribution in [3.63, 3.8) is 0 Å². The predicted octanol–water partition coefficient (Wildman–Crippen LogP) is 4.52. The number of pyridine rings is 1. The first-order valence-corrected chi connectivity index (χ1v) is 9.46. The van der Waals surface area contributed by atoms with Crippen LogP contribution in [0, 0.1) is 13.8 Å². The average molecular weight is 405 g/mol. The smallest absolute Gasteiger partial charge is 0.265 e. The van der Waals surface area contributed by atoms with Crippen LogP contribution in [0.25, 0.3) is 0 Å². The van der Waals surface area contributed by atoms with Gasteiger partial charge in [0.1, 0.15) is 0 Å². The second-order valence-corrected chi connectivity index (χ2v) is 6.99. The maximum absolute atomic E-state index is 13.0. The molecule has 2 aromatic rings. The van der Waals surface area contributed by atoms with Crippen molar-refractivity contribution >= 4 is 21.8 Å². The molecule has 1 N–H and O–H groups in total. The van der Waals surface area contributed by atoms with E-state index in [1.807, 2.05) is 58.0 Å². The van der Waals surface area contributed by atoms with Gasteiger partial charge in [0.05, 0.1) is 16.1 Å². The quantitative estimate of drug-likeness (QED) is 0.769. The summed E-state index contributed by atoms with van der Waals surface area (Å²) in [6.45, 7) is 8.31. The highest BCUT2D eigenvalue weighted by molar-refractivity contribution is 9.10. The van der Waals surface area contributed by atoms with Crippen LogP contribution >= 0.6 is 15.9 Å². The topological polar surface area (TPSA) is 51.1 Å². The molecule has 0 aliphatic heterocycles. The maximum atomic E-state index is 13.0. The Bertz CT molecular complexity index is 813. The average Bonchev–Trinajstić information content (AvgIpc) is 2.62. The van der Waals surface area contributed by atoms with E-state index in [1.165, 1.54) is 0 Å². The molecule has 0 spiro atoms. The van der Waals surface area contributed by atoms with E-state index in [-0.39, 0.29) is 17.5 Å². The number of benzene rings is 1. The Kier molecular flexibility index (Phi) is 6.59. The van der Waals surface area contributed by atoms with Crippen molar-refractivity contribution < 1.29 is 4.79 Å². The molecule has 1 unspecified atom stereocenters. The van der Waals surface area contributed by atoms with Crippen LogP contribution < -0.4 is 10.9 Å². The molecule has 25 heavy (non-hydrogen) atoms. The Balaban J connectivity index is 2.43. The first kappa shape index (κ1) is 19.4. The molecular formula is C20H25BrN2O2. The van der Waals surface area contributed by atoms with Crippen molar-refractivity contribution in [3.8, 4) is 0 Å². The van der Waals surface area contributed by atoms with Gasteiger partial charge in [0, 0.05) is 12.2 Å². The zero-order valence-electron chi connectivity index (χ0n) is 15.2. The highest BCUT2D eigenvalue weighted by Crippen LogP contribution is 2.22. The van der Waals surface area contributed by atoms with E-state index in [9.17, 15) is 9.59 Å². The number of aromatic nitrogens is 1. The van der Waals surface area contributed by atoms with E-state index in [0.717, 1.165) is 18.4 Å². The molecule has 1 aromatic heterocycles. The van der Waals surface area contributed by atoms with Crippen LogP contribution in [0.4, 0.5) is 0 Å². The van der Waals surface area contributed by atoms with E-state index in [0.29, 0.717) is 27.8 Å². The van der Waals surface area contributed by atoms with Crippen molar-refractivity contribution in [3.05, 3.63) is 67.5 Å². The van der Waals surface area contributed by atoms with Gasteiger partial charge >= 0.3 is 0 Å². The van der Waals surface area contributed by atoms with E-state index >= 15 is 0 Å². The van der Waals surface area contributed by atoms with Crippen molar-refractivity contribution in [2.45, 2.75) is 53.1 Å². The molecule has 1 heterocycles. The molecule has 0 fully saturated rings. The number of hydrogen-bond acceptors (Lipinski definition) is 2. The molecule has 4 nitrogen and oxygen atoms in total. The maximum Gasteiger partial charge on any atom is 0.265 e. The van der Waals surface area contributed by atoms with Crippen LogP contribution in [-0.2, 0) is 6.54 Å². The first-order chi connectivity index (χ1) is 11.9. The van der Waals surface area contributed by atoms with E-state index in [2.05, 4.69) is 21.2 Å². The minimum Gasteiger partial charge on any atom is -0.345 e. The summed E-state index contributed by atoms with van der Waals surface area (Å²) in [4.78, 5) is 25.5. The zero-order valence-corrected chi connectivity index (χ0v) is 16.8. The van der Waals surface area contributed by atoms with Gasteiger partial charge in [0.25, 0.3) is 11.5 Å². The van der Waals surface area contributed by atoms with Crippen LogP contribution in [0.1, 0.15) is 59.9 Å². The van der Waals surface area contributed by atoms with Crippen LogP contribution in [-0.4, -0.2) is 10.5 Å². The Labute approximate surface area is 157 Å². The largest absolute Gasteiger partial charge is 0.345 e. The summed E-state index contributed by atoms with van der Waals surface area (Å²) in [5, 5.41) is 3.12. The van der Waals surface area contributed by atoms with Crippen molar-refractivity contribution in [2.24, 2.45) is 0 Å². The van der Waals surface area contributed by atoms with E-state index < -0.39 is 0 Å². The number of halogens is 1. The molecule has 0 saturated heterocycles. The van der Waals surface area contributed by atoms with Gasteiger partial charge in [-0.15, -0.1) is 0 Å². The molecule has 1 atom stereocenters. The SMILES string of the molecule is CCCn1c(C)c(C(=O)NC(CC)c2ccccc2)c(C)c(Br)c1=O. The summed E-state index contributed by atoms with van der Waals surface area (Å²) in [6.07, 6.45) is 1.63. The third-order valence-corrected chi connectivity index (χ3v) is 5.43. The van der Waals surface area contributed by atoms with Crippen LogP contribution in [0.3, 0.4) is 0 Å². The summed E-state index contributed by atoms with van der Waals surface area (Å²) in [5.41, 5.74) is 2.98. The summed E-state index contributed by atoms with van der Waals surface area (Å²) >= 11 is 3.37. The lowest BCUT2D eigenvalue weighted by molar-refractivity contribution is 0.0933. The fourth-order valence-corrected chi connectivity index (χ4v) is 3.52. The highest BCUT2D eigenvalue weighted by atomic mass is 79.9. The summed E-state index contributed by atoms with van der Waals surface area (Å²) in [6, 6.07) is 9.88. The highest BCUT2D eigenvalue weighted by Gasteiger charge is 2.22. The lowest BCUT2D eigenvalue weighted by Gasteiger charge is -2.21. The Morgan fingerprint density at radius 3 is 2.40 bits per heavy atom. The van der Waals surface area contributed by atoms with Gasteiger partial charge in [-0.25, -0.2) is 0 Å². The lowest BCUT2D eigenvalue weighted by Crippen LogP contribution is -2.33. The molecule has 0 radical (unpaired) electrons. The molecule has 0 aliphatic carbocycles. The Morgan fingerprint density at radius 1 is 1.20 bits per heavy atom. The number of nitrogens with zero attached hydrogens (tertiary/aromatic N) is 1. The number of amides is 1. The van der Waals surface area contributed by atoms with E-state index in [4.69, 9.17) is 0 Å². The van der Waals surface area contributed by atoms with Crippen molar-refractivity contribution in [1.29, 1.82) is 0 Å². The fraction of sp³-hybridized carbons (Fsp3) is 0.400. The first-order valence-electron chi connectivity index (χ1n) is 8.67. The van der Waals surface area contributed by atoms with Crippen LogP contribution in [0.15, 0.2) is 39.6 Å². The lowest BCUT2D eigenvalue weighted by atomic mass is 10.0. The minimum absolute atomic E-state index is 0.0576. The van der Waals surface area contributed by atoms with Crippen molar-refractivity contribution in [1.82, 2.24) is 9.88 Å². The third kappa shape index (κ3) is 4.03. The third-order valence-electron chi connectivity index (χ3n) is 4.49. The normalized spacial score (nSPS) is 12.0. The number of carbonyl (C=O) groups is 1. The van der Waals surface area contributed by atoms with Gasteiger partial charge in [-0.3, -0.25) is 9.59 Å². The fourth-order valence-electron chi connectivity index (χ4n) is 3.11. The molecule has 0 saturated carbocycles. The van der Waals surface area contributed by atoms with Gasteiger partial charge in [-0.1, -0.05) is 44.2 Å². The second-order valence-electron chi connectivity index (χ2n) is 6.20. The summed E-state index contributed by atoms with van der Waals surface area (Å²) in [5.74, 6) is -0.142. The van der Waals surface area contributed by atoms with Gasteiger partial charge in [0.2, 0.25) is 0 Å². The number of nitrogens with one attached hydrogen (secondary N) is 1. The Hall–Kier alpha value is -1.88. The van der Waals surface area contributed by atoms with Crippen LogP contribution in [0.5, 0.6) is 0 Å². The molecule has 1 aromatic carbocycles. The number of rotatable bonds is 6. The van der Waals surface area contributed by atoms with Crippen molar-refractivity contribution in [2.75, 3.05) is 0 Å². The zero-order chi connectivity index (χ0) is 18.6.